The molecule has 2 amide bonds. The SMILES string of the molecule is CC1CCN(C(=O)c2ccc3c(c2)C(=O)C(=O)N3Cc2ccc3ccccc3c2)CC1. The molecule has 3 aromatic carbocycles. The molecule has 0 unspecified atom stereocenters. The van der Waals surface area contributed by atoms with Gasteiger partial charge in [0.25, 0.3) is 17.6 Å². The van der Waals surface area contributed by atoms with Gasteiger partial charge in [-0.2, -0.15) is 0 Å². The maximum Gasteiger partial charge on any atom is 0.299 e. The molecule has 0 atom stereocenters. The van der Waals surface area contributed by atoms with Gasteiger partial charge in [0.1, 0.15) is 0 Å². The summed E-state index contributed by atoms with van der Waals surface area (Å²) < 4.78 is 0. The van der Waals surface area contributed by atoms with E-state index in [1.54, 1.807) is 18.2 Å². The molecule has 156 valence electrons. The number of hydrogen-bond donors (Lipinski definition) is 0. The van der Waals surface area contributed by atoms with Crippen LogP contribution in [0.25, 0.3) is 10.8 Å². The Labute approximate surface area is 181 Å². The fourth-order valence-corrected chi connectivity index (χ4v) is 4.50. The average Bonchev–Trinajstić information content (AvgIpc) is 3.03. The number of Topliss-reactive ketones (excluding diaryl/α,β-unsaturated/α-hetero) is 1. The second kappa shape index (κ2) is 7.65. The summed E-state index contributed by atoms with van der Waals surface area (Å²) in [5, 5.41) is 2.22. The third-order valence-electron chi connectivity index (χ3n) is 6.44. The summed E-state index contributed by atoms with van der Waals surface area (Å²) in [6.45, 7) is 3.99. The highest BCUT2D eigenvalue weighted by atomic mass is 16.2. The van der Waals surface area contributed by atoms with Gasteiger partial charge in [-0.15, -0.1) is 0 Å². The van der Waals surface area contributed by atoms with Gasteiger partial charge in [0.15, 0.2) is 0 Å². The molecule has 31 heavy (non-hydrogen) atoms. The first kappa shape index (κ1) is 19.5. The van der Waals surface area contributed by atoms with E-state index in [4.69, 9.17) is 0 Å². The minimum absolute atomic E-state index is 0.0667. The largest absolute Gasteiger partial charge is 0.339 e. The summed E-state index contributed by atoms with van der Waals surface area (Å²) in [4.78, 5) is 41.7. The molecule has 2 aliphatic heterocycles. The van der Waals surface area contributed by atoms with Crippen LogP contribution in [0.2, 0.25) is 0 Å². The molecule has 1 fully saturated rings. The van der Waals surface area contributed by atoms with Crippen LogP contribution in [0.1, 0.15) is 46.0 Å². The number of rotatable bonds is 3. The van der Waals surface area contributed by atoms with E-state index in [1.165, 1.54) is 4.90 Å². The molecule has 5 heteroatoms. The quantitative estimate of drug-likeness (QED) is 0.598. The zero-order valence-corrected chi connectivity index (χ0v) is 17.5. The number of piperidine rings is 1. The van der Waals surface area contributed by atoms with E-state index in [0.29, 0.717) is 29.3 Å². The average molecular weight is 412 g/mol. The van der Waals surface area contributed by atoms with Crippen molar-refractivity contribution in [3.8, 4) is 0 Å². The summed E-state index contributed by atoms with van der Waals surface area (Å²) in [7, 11) is 0. The normalized spacial score (nSPS) is 16.8. The Morgan fingerprint density at radius 2 is 1.68 bits per heavy atom. The van der Waals surface area contributed by atoms with Crippen LogP contribution in [-0.2, 0) is 11.3 Å². The predicted molar refractivity (Wildman–Crippen MR) is 120 cm³/mol. The van der Waals surface area contributed by atoms with Crippen molar-refractivity contribution in [1.82, 2.24) is 4.90 Å². The first-order valence-corrected chi connectivity index (χ1v) is 10.8. The lowest BCUT2D eigenvalue weighted by molar-refractivity contribution is -0.114. The molecule has 0 aromatic heterocycles. The summed E-state index contributed by atoms with van der Waals surface area (Å²) in [5.41, 5.74) is 2.33. The molecule has 5 nitrogen and oxygen atoms in total. The van der Waals surface area contributed by atoms with Gasteiger partial charge in [0, 0.05) is 18.7 Å². The third kappa shape index (κ3) is 3.50. The van der Waals surface area contributed by atoms with E-state index < -0.39 is 11.7 Å². The van der Waals surface area contributed by atoms with Crippen molar-refractivity contribution in [2.24, 2.45) is 5.92 Å². The highest BCUT2D eigenvalue weighted by Crippen LogP contribution is 2.32. The van der Waals surface area contributed by atoms with Crippen LogP contribution in [0, 0.1) is 5.92 Å². The monoisotopic (exact) mass is 412 g/mol. The molecule has 3 aromatic rings. The van der Waals surface area contributed by atoms with E-state index in [1.807, 2.05) is 47.4 Å². The van der Waals surface area contributed by atoms with Gasteiger partial charge in [-0.05, 0) is 59.4 Å². The van der Waals surface area contributed by atoms with E-state index in [9.17, 15) is 14.4 Å². The molecule has 0 N–H and O–H groups in total. The van der Waals surface area contributed by atoms with Crippen LogP contribution in [0.3, 0.4) is 0 Å². The Balaban J connectivity index is 1.41. The van der Waals surface area contributed by atoms with Crippen molar-refractivity contribution in [3.05, 3.63) is 77.4 Å². The Morgan fingerprint density at radius 1 is 0.935 bits per heavy atom. The maximum atomic E-state index is 12.9. The van der Waals surface area contributed by atoms with Crippen molar-refractivity contribution in [3.63, 3.8) is 0 Å². The van der Waals surface area contributed by atoms with Crippen LogP contribution >= 0.6 is 0 Å². The second-order valence-corrected chi connectivity index (χ2v) is 8.61. The van der Waals surface area contributed by atoms with Gasteiger partial charge >= 0.3 is 0 Å². The number of nitrogens with zero attached hydrogens (tertiary/aromatic N) is 2. The smallest absolute Gasteiger partial charge is 0.299 e. The lowest BCUT2D eigenvalue weighted by atomic mass is 9.98. The van der Waals surface area contributed by atoms with Gasteiger partial charge < -0.3 is 9.80 Å². The van der Waals surface area contributed by atoms with Gasteiger partial charge in [-0.25, -0.2) is 0 Å². The predicted octanol–water partition coefficient (Wildman–Crippen LogP) is 4.44. The Morgan fingerprint density at radius 3 is 2.45 bits per heavy atom. The van der Waals surface area contributed by atoms with Gasteiger partial charge in [0.2, 0.25) is 0 Å². The number of amides is 2. The van der Waals surface area contributed by atoms with Gasteiger partial charge in [-0.1, -0.05) is 43.3 Å². The molecule has 2 heterocycles. The van der Waals surface area contributed by atoms with E-state index in [2.05, 4.69) is 6.92 Å². The zero-order valence-electron chi connectivity index (χ0n) is 17.5. The van der Waals surface area contributed by atoms with E-state index >= 15 is 0 Å². The number of ketones is 1. The van der Waals surface area contributed by atoms with Gasteiger partial charge in [0.05, 0.1) is 17.8 Å². The molecular formula is C26H24N2O3. The summed E-state index contributed by atoms with van der Waals surface area (Å²) in [6, 6.07) is 19.2. The number of anilines is 1. The molecule has 0 saturated carbocycles. The fourth-order valence-electron chi connectivity index (χ4n) is 4.50. The Bertz CT molecular complexity index is 1210. The first-order chi connectivity index (χ1) is 15.0. The Kier molecular flexibility index (Phi) is 4.81. The van der Waals surface area contributed by atoms with Crippen molar-refractivity contribution in [2.75, 3.05) is 18.0 Å². The first-order valence-electron chi connectivity index (χ1n) is 10.8. The van der Waals surface area contributed by atoms with Crippen LogP contribution in [-0.4, -0.2) is 35.6 Å². The number of hydrogen-bond acceptors (Lipinski definition) is 3. The topological polar surface area (TPSA) is 57.7 Å². The second-order valence-electron chi connectivity index (χ2n) is 8.61. The number of carbonyl (C=O) groups is 3. The van der Waals surface area contributed by atoms with Gasteiger partial charge in [-0.3, -0.25) is 14.4 Å². The number of carbonyl (C=O) groups excluding carboxylic acids is 3. The van der Waals surface area contributed by atoms with Crippen molar-refractivity contribution >= 4 is 34.1 Å². The summed E-state index contributed by atoms with van der Waals surface area (Å²) in [5.74, 6) is -0.521. The van der Waals surface area contributed by atoms with Crippen LogP contribution in [0.15, 0.2) is 60.7 Å². The molecule has 0 radical (unpaired) electrons. The van der Waals surface area contributed by atoms with E-state index in [-0.39, 0.29) is 5.91 Å². The minimum Gasteiger partial charge on any atom is -0.339 e. The molecule has 5 rings (SSSR count). The highest BCUT2D eigenvalue weighted by molar-refractivity contribution is 6.52. The number of benzene rings is 3. The Hall–Kier alpha value is -3.47. The van der Waals surface area contributed by atoms with Crippen LogP contribution in [0.4, 0.5) is 5.69 Å². The maximum absolute atomic E-state index is 12.9. The molecule has 1 saturated heterocycles. The molecule has 0 bridgehead atoms. The zero-order chi connectivity index (χ0) is 21.5. The molecule has 0 spiro atoms. The standard InChI is InChI=1S/C26H24N2O3/c1-17-10-12-27(13-11-17)25(30)21-8-9-23-22(15-21)24(29)26(31)28(23)16-18-6-7-19-4-2-3-5-20(19)14-18/h2-9,14-15,17H,10-13,16H2,1H3. The number of fused-ring (bicyclic) bond motifs is 2. The lowest BCUT2D eigenvalue weighted by Crippen LogP contribution is -2.37. The summed E-state index contributed by atoms with van der Waals surface area (Å²) >= 11 is 0. The van der Waals surface area contributed by atoms with Crippen molar-refractivity contribution < 1.29 is 14.4 Å². The van der Waals surface area contributed by atoms with Crippen molar-refractivity contribution in [2.45, 2.75) is 26.3 Å². The number of likely N-dealkylation sites (tertiary alicyclic amines) is 1. The lowest BCUT2D eigenvalue weighted by Gasteiger charge is -2.30. The van der Waals surface area contributed by atoms with Crippen molar-refractivity contribution in [1.29, 1.82) is 0 Å². The minimum atomic E-state index is -0.544. The van der Waals surface area contributed by atoms with Crippen LogP contribution < -0.4 is 4.90 Å². The molecular weight excluding hydrogens is 388 g/mol. The fraction of sp³-hybridized carbons (Fsp3) is 0.269. The molecule has 2 aliphatic rings. The van der Waals surface area contributed by atoms with E-state index in [0.717, 1.165) is 42.3 Å². The molecule has 0 aliphatic carbocycles. The highest BCUT2D eigenvalue weighted by Gasteiger charge is 2.36. The van der Waals surface area contributed by atoms with Crippen LogP contribution in [0.5, 0.6) is 0 Å². The summed E-state index contributed by atoms with van der Waals surface area (Å²) in [6.07, 6.45) is 1.99. The third-order valence-corrected chi connectivity index (χ3v) is 6.44.